The van der Waals surface area contributed by atoms with Crippen molar-refractivity contribution >= 4 is 57.4 Å². The van der Waals surface area contributed by atoms with Gasteiger partial charge in [0.05, 0.1) is 39.6 Å². The number of aromatic nitrogens is 9. The zero-order valence-electron chi connectivity index (χ0n) is 38.4. The van der Waals surface area contributed by atoms with Crippen molar-refractivity contribution in [2.75, 3.05) is 79.5 Å². The van der Waals surface area contributed by atoms with Crippen molar-refractivity contribution in [3.63, 3.8) is 0 Å². The molecule has 0 bridgehead atoms. The van der Waals surface area contributed by atoms with E-state index in [-0.39, 0.29) is 5.69 Å². The first-order valence-corrected chi connectivity index (χ1v) is 23.6. The summed E-state index contributed by atoms with van der Waals surface area (Å²) in [7, 11) is 4.30. The lowest BCUT2D eigenvalue weighted by molar-refractivity contribution is 0.0128. The molecule has 8 aromatic rings. The lowest BCUT2D eigenvalue weighted by Gasteiger charge is -2.32. The molecule has 0 atom stereocenters. The van der Waals surface area contributed by atoms with Gasteiger partial charge in [0.1, 0.15) is 22.8 Å². The molecule has 17 heteroatoms. The highest BCUT2D eigenvalue weighted by molar-refractivity contribution is 6.39. The fourth-order valence-corrected chi connectivity index (χ4v) is 9.05. The van der Waals surface area contributed by atoms with Gasteiger partial charge in [-0.15, -0.1) is 20.4 Å². The van der Waals surface area contributed by atoms with Gasteiger partial charge in [-0.25, -0.2) is 9.36 Å². The molecule has 0 N–H and O–H groups in total. The number of fused-ring (bicyclic) bond motifs is 2. The van der Waals surface area contributed by atoms with Gasteiger partial charge in [-0.05, 0) is 37.9 Å². The van der Waals surface area contributed by atoms with Crippen LogP contribution in [0.15, 0.2) is 109 Å². The number of alkyl halides is 2. The number of hydrogen-bond acceptors (Lipinski definition) is 11. The maximum Gasteiger partial charge on any atom is 0.286 e. The number of pyridine rings is 1. The number of piperazine rings is 2. The van der Waals surface area contributed by atoms with Crippen LogP contribution in [0.4, 0.5) is 8.78 Å². The smallest absolute Gasteiger partial charge is 0.286 e. The Morgan fingerprint density at radius 1 is 0.529 bits per heavy atom. The number of benzene rings is 3. The Kier molecular flexibility index (Phi) is 14.6. The van der Waals surface area contributed by atoms with Crippen LogP contribution in [0.3, 0.4) is 0 Å². The second-order valence-corrected chi connectivity index (χ2v) is 18.1. The monoisotopic (exact) mass is 955 g/mol. The highest BCUT2D eigenvalue weighted by atomic mass is 35.5. The van der Waals surface area contributed by atoms with Gasteiger partial charge >= 0.3 is 0 Å². The van der Waals surface area contributed by atoms with Gasteiger partial charge in [-0.2, -0.15) is 19.0 Å². The van der Waals surface area contributed by atoms with Crippen molar-refractivity contribution in [3.05, 3.63) is 136 Å². The molecule has 2 aliphatic heterocycles. The molecule has 0 saturated carbocycles. The molecule has 7 heterocycles. The van der Waals surface area contributed by atoms with Crippen LogP contribution in [0.1, 0.15) is 23.9 Å². The van der Waals surface area contributed by atoms with Gasteiger partial charge in [0.15, 0.2) is 11.3 Å². The normalized spacial score (nSPS) is 15.6. The molecule has 3 aromatic carbocycles. The van der Waals surface area contributed by atoms with Crippen molar-refractivity contribution < 1.29 is 8.78 Å². The standard InChI is InChI=1S/C26H27ClN6.C25H26ClF2N7/c1-31-14-16-32(17-15-31)18-19-33-26-23(22(30-33)13-12-20-8-4-2-5-9-20)24(27)25(28-29-26)21-10-6-3-7-11-21;1-25(27,28)19-9-8-18(16-29-19)22-20-21(26)23(17-6-4-3-5-7-17)30-31-24(20)35(32-22)15-14-34-12-10-33(2)11-13-34/h2-13H,14-19H2,1H3;3-9,16H,10-15H2,1-2H3/b13-12+;. The van der Waals surface area contributed by atoms with Crippen LogP contribution in [-0.2, 0) is 19.0 Å². The molecule has 0 amide bonds. The van der Waals surface area contributed by atoms with E-state index in [1.54, 1.807) is 10.7 Å². The Morgan fingerprint density at radius 3 is 1.51 bits per heavy atom. The van der Waals surface area contributed by atoms with Gasteiger partial charge in [0, 0.05) is 95.3 Å². The quantitative estimate of drug-likeness (QED) is 0.117. The van der Waals surface area contributed by atoms with E-state index >= 15 is 0 Å². The summed E-state index contributed by atoms with van der Waals surface area (Å²) in [6, 6.07) is 32.6. The molecule has 2 saturated heterocycles. The fraction of sp³-hybridized carbons (Fsp3) is 0.314. The molecule has 350 valence electrons. The number of likely N-dealkylation sites (N-methyl/N-ethyl adjacent to an activating group) is 2. The SMILES string of the molecule is CN1CCN(CCn2nc(-c3ccc(C(C)(F)F)nc3)c3c(Cl)c(-c4ccccc4)nnc32)CC1.CN1CCN(CCn2nc(/C=C/c3ccccc3)c3c(Cl)c(-c4ccccc4)nnc32)CC1. The summed E-state index contributed by atoms with van der Waals surface area (Å²) < 4.78 is 31.2. The average molecular weight is 957 g/mol. The second kappa shape index (κ2) is 21.1. The minimum Gasteiger partial charge on any atom is -0.304 e. The first-order chi connectivity index (χ1) is 33.0. The molecule has 10 rings (SSSR count). The highest BCUT2D eigenvalue weighted by Gasteiger charge is 2.28. The topological polar surface area (TPSA) is 113 Å². The van der Waals surface area contributed by atoms with Gasteiger partial charge in [-0.3, -0.25) is 14.8 Å². The number of halogens is 4. The maximum atomic E-state index is 13.7. The summed E-state index contributed by atoms with van der Waals surface area (Å²) in [5, 5.41) is 30.2. The van der Waals surface area contributed by atoms with E-state index in [4.69, 9.17) is 33.4 Å². The van der Waals surface area contributed by atoms with E-state index in [0.717, 1.165) is 112 Å². The van der Waals surface area contributed by atoms with Crippen LogP contribution >= 0.6 is 23.2 Å². The molecule has 0 spiro atoms. The summed E-state index contributed by atoms with van der Waals surface area (Å²) in [6.45, 7) is 12.3. The molecule has 0 radical (unpaired) electrons. The molecular weight excluding hydrogens is 904 g/mol. The van der Waals surface area contributed by atoms with Gasteiger partial charge in [0.2, 0.25) is 0 Å². The first-order valence-electron chi connectivity index (χ1n) is 22.9. The van der Waals surface area contributed by atoms with E-state index < -0.39 is 5.92 Å². The zero-order chi connectivity index (χ0) is 47.2. The van der Waals surface area contributed by atoms with E-state index in [1.165, 1.54) is 12.3 Å². The Bertz CT molecular complexity index is 2960. The third-order valence-corrected chi connectivity index (χ3v) is 13.2. The molecule has 13 nitrogen and oxygen atoms in total. The Balaban J connectivity index is 0.000000170. The average Bonchev–Trinajstić information content (AvgIpc) is 3.93. The van der Waals surface area contributed by atoms with Crippen LogP contribution in [0.5, 0.6) is 0 Å². The summed E-state index contributed by atoms with van der Waals surface area (Å²) in [6.07, 6.45) is 5.50. The molecular formula is C51H53Cl2F2N13. The lowest BCUT2D eigenvalue weighted by Crippen LogP contribution is -2.45. The van der Waals surface area contributed by atoms with Crippen LogP contribution < -0.4 is 0 Å². The largest absolute Gasteiger partial charge is 0.304 e. The molecule has 5 aromatic heterocycles. The Morgan fingerprint density at radius 2 is 1.01 bits per heavy atom. The Hall–Kier alpha value is -6.07. The van der Waals surface area contributed by atoms with Gasteiger partial charge < -0.3 is 9.80 Å². The number of rotatable bonds is 12. The van der Waals surface area contributed by atoms with E-state index in [0.29, 0.717) is 50.3 Å². The van der Waals surface area contributed by atoms with Gasteiger partial charge in [0.25, 0.3) is 5.92 Å². The summed E-state index contributed by atoms with van der Waals surface area (Å²) in [5.74, 6) is -3.02. The predicted octanol–water partition coefficient (Wildman–Crippen LogP) is 9.13. The van der Waals surface area contributed by atoms with E-state index in [9.17, 15) is 8.78 Å². The molecule has 0 aliphatic carbocycles. The minimum absolute atomic E-state index is 0.295. The number of nitrogens with zero attached hydrogens (tertiary/aromatic N) is 13. The summed E-state index contributed by atoms with van der Waals surface area (Å²) in [5.41, 5.74) is 7.05. The van der Waals surface area contributed by atoms with Crippen molar-refractivity contribution in [1.82, 2.24) is 64.5 Å². The van der Waals surface area contributed by atoms with Crippen molar-refractivity contribution in [2.45, 2.75) is 25.9 Å². The minimum atomic E-state index is -3.02. The van der Waals surface area contributed by atoms with Crippen LogP contribution in [-0.4, -0.2) is 144 Å². The van der Waals surface area contributed by atoms with Crippen molar-refractivity contribution in [1.29, 1.82) is 0 Å². The van der Waals surface area contributed by atoms with Crippen LogP contribution in [0.2, 0.25) is 10.0 Å². The summed E-state index contributed by atoms with van der Waals surface area (Å²) in [4.78, 5) is 13.5. The number of hydrogen-bond donors (Lipinski definition) is 0. The molecule has 0 unspecified atom stereocenters. The second-order valence-electron chi connectivity index (χ2n) is 17.4. The Labute approximate surface area is 404 Å². The van der Waals surface area contributed by atoms with Crippen molar-refractivity contribution in [2.24, 2.45) is 0 Å². The third-order valence-electron chi connectivity index (χ3n) is 12.5. The third kappa shape index (κ3) is 10.8. The lowest BCUT2D eigenvalue weighted by atomic mass is 10.1. The zero-order valence-corrected chi connectivity index (χ0v) is 39.9. The predicted molar refractivity (Wildman–Crippen MR) is 268 cm³/mol. The maximum absolute atomic E-state index is 13.7. The summed E-state index contributed by atoms with van der Waals surface area (Å²) >= 11 is 13.8. The fourth-order valence-electron chi connectivity index (χ4n) is 8.40. The van der Waals surface area contributed by atoms with Crippen LogP contribution in [0, 0.1) is 0 Å². The van der Waals surface area contributed by atoms with Crippen LogP contribution in [0.25, 0.3) is 68.0 Å². The first kappa shape index (κ1) is 47.0. The van der Waals surface area contributed by atoms with Gasteiger partial charge in [-0.1, -0.05) is 120 Å². The van der Waals surface area contributed by atoms with E-state index in [2.05, 4.69) is 77.3 Å². The molecule has 68 heavy (non-hydrogen) atoms. The molecule has 2 aliphatic rings. The highest BCUT2D eigenvalue weighted by Crippen LogP contribution is 2.38. The molecule has 2 fully saturated rings. The van der Waals surface area contributed by atoms with Crippen molar-refractivity contribution in [3.8, 4) is 33.8 Å². The van der Waals surface area contributed by atoms with E-state index in [1.807, 2.05) is 89.6 Å².